The van der Waals surface area contributed by atoms with Gasteiger partial charge in [-0.05, 0) is 67.9 Å². The Bertz CT molecular complexity index is 2140. The lowest BCUT2D eigenvalue weighted by Crippen LogP contribution is -2.59. The highest BCUT2D eigenvalue weighted by molar-refractivity contribution is 6.36. The fraction of sp³-hybridized carbons (Fsp3) is 0.571. The molecule has 4 aliphatic carbocycles. The molecule has 1 saturated heterocycles. The van der Waals surface area contributed by atoms with Crippen molar-refractivity contribution in [2.75, 3.05) is 32.2 Å². The number of likely N-dealkylation sites (tertiary alicyclic amines) is 1. The van der Waals surface area contributed by atoms with Gasteiger partial charge in [0.15, 0.2) is 0 Å². The van der Waals surface area contributed by atoms with Crippen LogP contribution in [0.3, 0.4) is 0 Å². The molecule has 5 fully saturated rings. The second-order valence-corrected chi connectivity index (χ2v) is 17.9. The van der Waals surface area contributed by atoms with Crippen molar-refractivity contribution in [1.29, 1.82) is 0 Å². The molecule has 3 amide bonds. The number of carboxylic acids is 1. The van der Waals surface area contributed by atoms with Crippen molar-refractivity contribution in [3.05, 3.63) is 42.1 Å². The fourth-order valence-corrected chi connectivity index (χ4v) is 8.65. The Hall–Kier alpha value is -5.09. The molecular weight excluding hydrogens is 784 g/mol. The first-order valence-electron chi connectivity index (χ1n) is 20.3. The summed E-state index contributed by atoms with van der Waals surface area (Å²) in [6.07, 6.45) is 6.31. The van der Waals surface area contributed by atoms with Crippen molar-refractivity contribution in [2.45, 2.75) is 102 Å². The first kappa shape index (κ1) is 40.7. The third kappa shape index (κ3) is 8.51. The van der Waals surface area contributed by atoms with E-state index in [1.165, 1.54) is 17.2 Å². The van der Waals surface area contributed by atoms with Crippen molar-refractivity contribution < 1.29 is 47.6 Å². The van der Waals surface area contributed by atoms with Gasteiger partial charge in [-0.2, -0.15) is 4.98 Å². The van der Waals surface area contributed by atoms with Gasteiger partial charge < -0.3 is 49.3 Å². The van der Waals surface area contributed by atoms with Gasteiger partial charge in [-0.15, -0.1) is 6.58 Å². The van der Waals surface area contributed by atoms with Crippen LogP contribution in [0.5, 0.6) is 11.5 Å². The van der Waals surface area contributed by atoms with E-state index in [1.54, 1.807) is 25.3 Å². The molecule has 5 aliphatic rings. The summed E-state index contributed by atoms with van der Waals surface area (Å²) in [5.41, 5.74) is -1.18. The summed E-state index contributed by atoms with van der Waals surface area (Å²) in [5.74, 6) is -0.955. The maximum atomic E-state index is 14.7. The SMILES string of the molecule is C=C[C@@H]1C[C@]1(NC(=O)[C@@H]1C[C@@H](Oc2cc(-c3coc(NC4CC4)n3)nc3c(Cl)c(OCCOC)ccc23)CN1C(=O)C(NC(=O)OC1C[C@@H]2C[C@@H]2C1)C(C)(C)C)C(=O)O. The highest BCUT2D eigenvalue weighted by atomic mass is 35.5. The number of ether oxygens (including phenoxy) is 4. The van der Waals surface area contributed by atoms with Crippen LogP contribution in [-0.2, 0) is 23.9 Å². The molecule has 16 nitrogen and oxygen atoms in total. The molecule has 1 aromatic carbocycles. The molecule has 316 valence electrons. The quantitative estimate of drug-likeness (QED) is 0.103. The van der Waals surface area contributed by atoms with E-state index >= 15 is 0 Å². The standard InChI is InChI=1S/C42H51ClN6O10/c1-6-23-18-42(23,38(52)53)48-36(50)30-16-26(19-49(30)37(51)35(41(2,3)4)47-40(54)59-25-14-21-13-22(21)15-25)58-32-17-28(29-20-57-39(46-29)44-24-7-8-24)45-34-27(32)9-10-31(33(34)43)56-12-11-55-5/h6,9-10,17,20-26,30,35H,1,7-8,11-16,18-19H2,2-5H3,(H,44,46)(H,47,54)(H,48,50)(H,52,53)/t21-,22+,23-,25?,26-,30+,35?,42-/m1/s1. The largest absolute Gasteiger partial charge is 0.490 e. The lowest BCUT2D eigenvalue weighted by molar-refractivity contribution is -0.146. The molecule has 1 aliphatic heterocycles. The van der Waals surface area contributed by atoms with Gasteiger partial charge in [0, 0.05) is 36.9 Å². The number of carboxylic acid groups (broad SMARTS) is 1. The normalized spacial score (nSPS) is 27.4. The lowest BCUT2D eigenvalue weighted by atomic mass is 9.85. The minimum Gasteiger partial charge on any atom is -0.490 e. The zero-order valence-corrected chi connectivity index (χ0v) is 34.4. The number of nitrogens with zero attached hydrogens (tertiary/aromatic N) is 3. The highest BCUT2D eigenvalue weighted by Gasteiger charge is 2.61. The van der Waals surface area contributed by atoms with Crippen molar-refractivity contribution in [2.24, 2.45) is 23.2 Å². The molecule has 3 heterocycles. The number of anilines is 1. The number of fused-ring (bicyclic) bond motifs is 2. The van der Waals surface area contributed by atoms with Crippen LogP contribution in [0.15, 0.2) is 41.5 Å². The van der Waals surface area contributed by atoms with E-state index in [9.17, 15) is 24.3 Å². The van der Waals surface area contributed by atoms with Crippen molar-refractivity contribution in [3.63, 3.8) is 0 Å². The van der Waals surface area contributed by atoms with E-state index in [-0.39, 0.29) is 37.1 Å². The Morgan fingerprint density at radius 2 is 1.83 bits per heavy atom. The van der Waals surface area contributed by atoms with Crippen LogP contribution in [0.2, 0.25) is 5.02 Å². The van der Waals surface area contributed by atoms with E-state index < -0.39 is 58.9 Å². The Morgan fingerprint density at radius 1 is 1.07 bits per heavy atom. The number of hydrogen-bond donors (Lipinski definition) is 4. The lowest BCUT2D eigenvalue weighted by Gasteiger charge is -2.35. The predicted molar refractivity (Wildman–Crippen MR) is 215 cm³/mol. The number of carbonyl (C=O) groups excluding carboxylic acids is 3. The minimum absolute atomic E-state index is 0.00268. The Balaban J connectivity index is 1.10. The third-order valence-electron chi connectivity index (χ3n) is 12.1. The summed E-state index contributed by atoms with van der Waals surface area (Å²) < 4.78 is 29.2. The Labute approximate surface area is 346 Å². The van der Waals surface area contributed by atoms with E-state index in [0.29, 0.717) is 64.3 Å². The van der Waals surface area contributed by atoms with Crippen LogP contribution in [0.4, 0.5) is 10.8 Å². The first-order valence-corrected chi connectivity index (χ1v) is 20.6. The minimum atomic E-state index is -1.54. The van der Waals surface area contributed by atoms with Crippen molar-refractivity contribution >= 4 is 52.4 Å². The highest BCUT2D eigenvalue weighted by Crippen LogP contribution is 2.52. The second-order valence-electron chi connectivity index (χ2n) is 17.6. The van der Waals surface area contributed by atoms with E-state index in [2.05, 4.69) is 27.5 Å². The molecule has 2 unspecified atom stereocenters. The summed E-state index contributed by atoms with van der Waals surface area (Å²) in [6, 6.07) is 3.57. The van der Waals surface area contributed by atoms with Crippen LogP contribution in [-0.4, -0.2) is 107 Å². The number of pyridine rings is 1. The van der Waals surface area contributed by atoms with E-state index in [0.717, 1.165) is 32.1 Å². The molecular formula is C42H51ClN6O10. The summed E-state index contributed by atoms with van der Waals surface area (Å²) in [5, 5.41) is 19.7. The second kappa shape index (κ2) is 15.8. The maximum absolute atomic E-state index is 14.7. The fourth-order valence-electron chi connectivity index (χ4n) is 8.39. The topological polar surface area (TPSA) is 204 Å². The number of rotatable bonds is 16. The maximum Gasteiger partial charge on any atom is 0.408 e. The van der Waals surface area contributed by atoms with E-state index in [1.807, 2.05) is 20.8 Å². The first-order chi connectivity index (χ1) is 28.2. The average Bonchev–Trinajstić information content (AvgIpc) is 4.14. The van der Waals surface area contributed by atoms with Gasteiger partial charge in [0.1, 0.15) is 64.9 Å². The predicted octanol–water partition coefficient (Wildman–Crippen LogP) is 5.58. The van der Waals surface area contributed by atoms with Crippen LogP contribution in [0, 0.1) is 23.2 Å². The summed E-state index contributed by atoms with van der Waals surface area (Å²) in [4.78, 5) is 65.5. The number of aromatic nitrogens is 2. The molecule has 3 aromatic rings. The van der Waals surface area contributed by atoms with Gasteiger partial charge in [-0.3, -0.25) is 9.59 Å². The van der Waals surface area contributed by atoms with Gasteiger partial charge in [-0.1, -0.05) is 38.4 Å². The number of methoxy groups -OCH3 is 1. The molecule has 8 rings (SSSR count). The smallest absolute Gasteiger partial charge is 0.408 e. The molecule has 8 atom stereocenters. The Kier molecular flexibility index (Phi) is 10.9. The molecule has 2 aromatic heterocycles. The molecule has 0 radical (unpaired) electrons. The zero-order valence-electron chi connectivity index (χ0n) is 33.6. The van der Waals surface area contributed by atoms with E-state index in [4.69, 9.17) is 39.9 Å². The number of halogens is 1. The van der Waals surface area contributed by atoms with Crippen LogP contribution in [0.1, 0.15) is 65.7 Å². The monoisotopic (exact) mass is 834 g/mol. The number of hydrogen-bond acceptors (Lipinski definition) is 12. The van der Waals surface area contributed by atoms with Gasteiger partial charge in [0.05, 0.1) is 24.4 Å². The molecule has 4 N–H and O–H groups in total. The number of aliphatic carboxylic acids is 1. The summed E-state index contributed by atoms with van der Waals surface area (Å²) in [7, 11) is 1.57. The molecule has 0 bridgehead atoms. The third-order valence-corrected chi connectivity index (χ3v) is 12.4. The van der Waals surface area contributed by atoms with Gasteiger partial charge >= 0.3 is 12.1 Å². The number of alkyl carbamates (subject to hydrolysis) is 1. The van der Waals surface area contributed by atoms with Gasteiger partial charge in [0.25, 0.3) is 6.01 Å². The number of nitrogens with one attached hydrogen (secondary N) is 3. The van der Waals surface area contributed by atoms with Crippen LogP contribution in [0.25, 0.3) is 22.3 Å². The summed E-state index contributed by atoms with van der Waals surface area (Å²) in [6.45, 7) is 9.70. The number of carbonyl (C=O) groups is 4. The number of amides is 3. The molecule has 0 spiro atoms. The number of oxazole rings is 1. The molecule has 17 heteroatoms. The van der Waals surface area contributed by atoms with Crippen molar-refractivity contribution in [3.8, 4) is 22.9 Å². The van der Waals surface area contributed by atoms with Crippen LogP contribution >= 0.6 is 11.6 Å². The average molecular weight is 835 g/mol. The molecule has 4 saturated carbocycles. The zero-order chi connectivity index (χ0) is 41.8. The van der Waals surface area contributed by atoms with Gasteiger partial charge in [-0.25, -0.2) is 14.6 Å². The van der Waals surface area contributed by atoms with Gasteiger partial charge in [0.2, 0.25) is 11.8 Å². The van der Waals surface area contributed by atoms with Crippen LogP contribution < -0.4 is 25.4 Å². The Morgan fingerprint density at radius 3 is 2.49 bits per heavy atom. The summed E-state index contributed by atoms with van der Waals surface area (Å²) >= 11 is 6.93. The molecule has 59 heavy (non-hydrogen) atoms. The number of benzene rings is 1. The van der Waals surface area contributed by atoms with Crippen molar-refractivity contribution in [1.82, 2.24) is 25.5 Å².